The van der Waals surface area contributed by atoms with E-state index in [0.29, 0.717) is 12.0 Å². The minimum Gasteiger partial charge on any atom is -0.341 e. The maximum Gasteiger partial charge on any atom is 0.391 e. The molecule has 5 nitrogen and oxygen atoms in total. The number of hydrogen-bond acceptors (Lipinski definition) is 3. The molecule has 1 saturated carbocycles. The van der Waals surface area contributed by atoms with E-state index >= 15 is 0 Å². The molecule has 1 aromatic heterocycles. The number of amides is 1. The predicted octanol–water partition coefficient (Wildman–Crippen LogP) is 2.09. The van der Waals surface area contributed by atoms with Gasteiger partial charge < -0.3 is 10.1 Å². The highest BCUT2D eigenvalue weighted by molar-refractivity contribution is 5.94. The van der Waals surface area contributed by atoms with Crippen molar-refractivity contribution in [1.82, 2.24) is 15.1 Å². The quantitative estimate of drug-likeness (QED) is 0.865. The Bertz CT molecular complexity index is 534. The van der Waals surface area contributed by atoms with Crippen LogP contribution in [0.15, 0.2) is 12.3 Å². The second kappa shape index (κ2) is 6.50. The van der Waals surface area contributed by atoms with E-state index in [9.17, 15) is 22.8 Å². The van der Waals surface area contributed by atoms with Crippen LogP contribution >= 0.6 is 0 Å². The van der Waals surface area contributed by atoms with Crippen LogP contribution in [0.2, 0.25) is 0 Å². The fourth-order valence-corrected chi connectivity index (χ4v) is 2.89. The monoisotopic (exact) mass is 317 g/mol. The van der Waals surface area contributed by atoms with Crippen molar-refractivity contribution in [2.45, 2.75) is 37.9 Å². The van der Waals surface area contributed by atoms with Crippen molar-refractivity contribution in [3.8, 4) is 0 Å². The van der Waals surface area contributed by atoms with E-state index in [1.165, 1.54) is 16.9 Å². The summed E-state index contributed by atoms with van der Waals surface area (Å²) in [6.45, 7) is 0. The topological polar surface area (TPSA) is 64.0 Å². The third-order valence-electron chi connectivity index (χ3n) is 4.24. The number of alkyl halides is 3. The van der Waals surface area contributed by atoms with Crippen LogP contribution in [0.4, 0.5) is 13.2 Å². The number of halogens is 3. The van der Waals surface area contributed by atoms with Crippen molar-refractivity contribution in [3.63, 3.8) is 0 Å². The molecule has 0 aromatic carbocycles. The first-order chi connectivity index (χ1) is 10.3. The number of carbonyl (C=O) groups is 2. The summed E-state index contributed by atoms with van der Waals surface area (Å²) in [5.41, 5.74) is 0.302. The lowest BCUT2D eigenvalue weighted by atomic mass is 9.78. The van der Waals surface area contributed by atoms with Crippen molar-refractivity contribution < 1.29 is 22.8 Å². The number of aryl methyl sites for hydroxylation is 1. The van der Waals surface area contributed by atoms with E-state index in [0.717, 1.165) is 0 Å². The van der Waals surface area contributed by atoms with Crippen LogP contribution in [0.3, 0.4) is 0 Å². The number of hydrogen-bond donors (Lipinski definition) is 1. The minimum atomic E-state index is -4.18. The molecule has 122 valence electrons. The van der Waals surface area contributed by atoms with Gasteiger partial charge in [-0.05, 0) is 37.7 Å². The molecule has 0 bridgehead atoms. The first kappa shape index (κ1) is 16.5. The lowest BCUT2D eigenvalue weighted by Crippen LogP contribution is -2.44. The Balaban J connectivity index is 1.95. The Morgan fingerprint density at radius 1 is 1.41 bits per heavy atom. The predicted molar refractivity (Wildman–Crippen MR) is 72.0 cm³/mol. The Kier molecular flexibility index (Phi) is 4.87. The molecule has 1 fully saturated rings. The van der Waals surface area contributed by atoms with Crippen molar-refractivity contribution >= 4 is 12.2 Å². The minimum absolute atomic E-state index is 0.0000868. The van der Waals surface area contributed by atoms with Crippen LogP contribution in [-0.4, -0.2) is 34.2 Å². The Morgan fingerprint density at radius 2 is 2.05 bits per heavy atom. The molecular formula is C14H18F3N3O2. The molecule has 0 spiro atoms. The van der Waals surface area contributed by atoms with Gasteiger partial charge >= 0.3 is 6.18 Å². The van der Waals surface area contributed by atoms with Crippen LogP contribution < -0.4 is 5.32 Å². The number of aromatic nitrogens is 2. The van der Waals surface area contributed by atoms with Crippen LogP contribution in [0.25, 0.3) is 0 Å². The van der Waals surface area contributed by atoms with Crippen LogP contribution in [0.5, 0.6) is 0 Å². The molecule has 1 amide bonds. The fourth-order valence-electron chi connectivity index (χ4n) is 2.89. The van der Waals surface area contributed by atoms with E-state index < -0.39 is 24.0 Å². The van der Waals surface area contributed by atoms with Gasteiger partial charge in [0.05, 0.1) is 12.0 Å². The maximum atomic E-state index is 12.6. The second-order valence-electron chi connectivity index (χ2n) is 5.63. The number of nitrogens with zero attached hydrogens (tertiary/aromatic N) is 2. The van der Waals surface area contributed by atoms with Gasteiger partial charge in [0.25, 0.3) is 5.91 Å². The van der Waals surface area contributed by atoms with Gasteiger partial charge in [0.1, 0.15) is 12.0 Å². The molecule has 22 heavy (non-hydrogen) atoms. The largest absolute Gasteiger partial charge is 0.391 e. The Hall–Kier alpha value is -1.86. The Morgan fingerprint density at radius 3 is 2.50 bits per heavy atom. The highest BCUT2D eigenvalue weighted by Crippen LogP contribution is 2.40. The van der Waals surface area contributed by atoms with Crippen molar-refractivity contribution in [3.05, 3.63) is 18.0 Å². The van der Waals surface area contributed by atoms with Gasteiger partial charge in [-0.15, -0.1) is 0 Å². The number of nitrogens with one attached hydrogen (secondary N) is 1. The molecule has 1 heterocycles. The molecule has 1 aliphatic rings. The molecule has 0 aliphatic heterocycles. The van der Waals surface area contributed by atoms with Gasteiger partial charge in [0, 0.05) is 13.2 Å². The summed E-state index contributed by atoms with van der Waals surface area (Å²) in [5, 5.41) is 6.45. The smallest absolute Gasteiger partial charge is 0.341 e. The third kappa shape index (κ3) is 3.66. The van der Waals surface area contributed by atoms with Crippen LogP contribution in [-0.2, 0) is 11.8 Å². The fraction of sp³-hybridized carbons (Fsp3) is 0.643. The summed E-state index contributed by atoms with van der Waals surface area (Å²) in [5.74, 6) is -2.01. The normalized spacial score (nSPS) is 23.8. The first-order valence-electron chi connectivity index (χ1n) is 7.13. The molecule has 1 aromatic rings. The van der Waals surface area contributed by atoms with Crippen molar-refractivity contribution in [1.29, 1.82) is 0 Å². The summed E-state index contributed by atoms with van der Waals surface area (Å²) >= 11 is 0. The van der Waals surface area contributed by atoms with Gasteiger partial charge in [0.15, 0.2) is 0 Å². The first-order valence-corrected chi connectivity index (χ1v) is 7.13. The highest BCUT2D eigenvalue weighted by atomic mass is 19.4. The number of rotatable bonds is 4. The number of carbonyl (C=O) groups excluding carboxylic acids is 2. The van der Waals surface area contributed by atoms with Crippen molar-refractivity contribution in [2.24, 2.45) is 18.9 Å². The maximum absolute atomic E-state index is 12.6. The second-order valence-corrected chi connectivity index (χ2v) is 5.63. The summed E-state index contributed by atoms with van der Waals surface area (Å²) in [7, 11) is 1.60. The zero-order chi connectivity index (χ0) is 16.3. The molecule has 1 atom stereocenters. The van der Waals surface area contributed by atoms with E-state index in [1.54, 1.807) is 7.05 Å². The Labute approximate surface area is 125 Å². The van der Waals surface area contributed by atoms with Gasteiger partial charge in [0.2, 0.25) is 0 Å². The molecule has 1 unspecified atom stereocenters. The lowest BCUT2D eigenvalue weighted by Gasteiger charge is -2.32. The summed E-state index contributed by atoms with van der Waals surface area (Å²) in [6.07, 6.45) is -1.56. The number of aldehydes is 1. The molecule has 2 rings (SSSR count). The summed E-state index contributed by atoms with van der Waals surface area (Å²) < 4.78 is 39.3. The van der Waals surface area contributed by atoms with Crippen LogP contribution in [0, 0.1) is 11.8 Å². The molecule has 8 heteroatoms. The molecule has 0 radical (unpaired) electrons. The van der Waals surface area contributed by atoms with Crippen molar-refractivity contribution in [2.75, 3.05) is 0 Å². The zero-order valence-corrected chi connectivity index (χ0v) is 12.1. The van der Waals surface area contributed by atoms with E-state index in [1.807, 2.05) is 0 Å². The highest BCUT2D eigenvalue weighted by Gasteiger charge is 2.42. The summed E-state index contributed by atoms with van der Waals surface area (Å²) in [4.78, 5) is 23.3. The molecule has 0 saturated heterocycles. The average molecular weight is 317 g/mol. The van der Waals surface area contributed by atoms with Crippen LogP contribution in [0.1, 0.15) is 36.2 Å². The molecule has 1 aliphatic carbocycles. The zero-order valence-electron chi connectivity index (χ0n) is 12.1. The molecular weight excluding hydrogens is 299 g/mol. The average Bonchev–Trinajstić information content (AvgIpc) is 2.90. The van der Waals surface area contributed by atoms with E-state index in [-0.39, 0.29) is 31.6 Å². The molecule has 1 N–H and O–H groups in total. The van der Waals surface area contributed by atoms with Gasteiger partial charge in [-0.3, -0.25) is 9.48 Å². The SMILES string of the molecule is Cn1nccc1C(=O)NC(C=O)C1CCC(C(F)(F)F)CC1. The standard InChI is InChI=1S/C14H18F3N3O2/c1-20-12(6-7-18-20)13(22)19-11(8-21)9-2-4-10(5-3-9)14(15,16)17/h6-11H,2-5H2,1H3,(H,19,22). The van der Waals surface area contributed by atoms with Gasteiger partial charge in [-0.25, -0.2) is 0 Å². The van der Waals surface area contributed by atoms with Gasteiger partial charge in [-0.1, -0.05) is 0 Å². The lowest BCUT2D eigenvalue weighted by molar-refractivity contribution is -0.184. The third-order valence-corrected chi connectivity index (χ3v) is 4.24. The van der Waals surface area contributed by atoms with E-state index in [2.05, 4.69) is 10.4 Å². The van der Waals surface area contributed by atoms with E-state index in [4.69, 9.17) is 0 Å². The summed E-state index contributed by atoms with van der Waals surface area (Å²) in [6, 6.07) is 0.745. The van der Waals surface area contributed by atoms with Gasteiger partial charge in [-0.2, -0.15) is 18.3 Å².